The van der Waals surface area contributed by atoms with Crippen LogP contribution in [0.5, 0.6) is 0 Å². The number of aryl methyl sites for hydroxylation is 1. The number of hydrogen-bond donors (Lipinski definition) is 1. The summed E-state index contributed by atoms with van der Waals surface area (Å²) in [6.07, 6.45) is 3.73. The number of rotatable bonds is 3. The molecule has 142 valence electrons. The van der Waals surface area contributed by atoms with E-state index in [-0.39, 0.29) is 24.5 Å². The molecule has 1 aromatic carbocycles. The van der Waals surface area contributed by atoms with Crippen LogP contribution in [-0.2, 0) is 9.53 Å². The van der Waals surface area contributed by atoms with E-state index >= 15 is 0 Å². The zero-order chi connectivity index (χ0) is 18.9. The summed E-state index contributed by atoms with van der Waals surface area (Å²) in [6, 6.07) is 7.02. The number of carbonyl (C=O) groups is 2. The van der Waals surface area contributed by atoms with Gasteiger partial charge in [-0.25, -0.2) is 0 Å². The van der Waals surface area contributed by atoms with Gasteiger partial charge in [0.2, 0.25) is 5.91 Å². The van der Waals surface area contributed by atoms with Gasteiger partial charge in [0.25, 0.3) is 5.91 Å². The van der Waals surface area contributed by atoms with Crippen molar-refractivity contribution in [3.05, 3.63) is 35.4 Å². The summed E-state index contributed by atoms with van der Waals surface area (Å²) < 4.78 is 6.21. The maximum Gasteiger partial charge on any atom is 0.257 e. The Morgan fingerprint density at radius 3 is 2.69 bits per heavy atom. The zero-order valence-corrected chi connectivity index (χ0v) is 16.2. The Hall–Kier alpha value is -1.88. The summed E-state index contributed by atoms with van der Waals surface area (Å²) in [5, 5.41) is 2.96. The molecule has 3 atom stereocenters. The van der Waals surface area contributed by atoms with Gasteiger partial charge >= 0.3 is 0 Å². The van der Waals surface area contributed by atoms with Crippen molar-refractivity contribution in [2.24, 2.45) is 5.92 Å². The topological polar surface area (TPSA) is 58.6 Å². The van der Waals surface area contributed by atoms with Crippen molar-refractivity contribution >= 4 is 11.8 Å². The number of amides is 2. The Morgan fingerprint density at radius 1 is 1.31 bits per heavy atom. The van der Waals surface area contributed by atoms with Crippen LogP contribution in [0.3, 0.4) is 0 Å². The minimum atomic E-state index is -0.657. The lowest BCUT2D eigenvalue weighted by Crippen LogP contribution is -2.57. The second-order valence-electron chi connectivity index (χ2n) is 8.13. The molecule has 1 spiro atoms. The van der Waals surface area contributed by atoms with Crippen LogP contribution >= 0.6 is 0 Å². The van der Waals surface area contributed by atoms with Crippen LogP contribution in [0.25, 0.3) is 0 Å². The molecule has 2 aliphatic rings. The summed E-state index contributed by atoms with van der Waals surface area (Å²) in [6.45, 7) is 8.26. The smallest absolute Gasteiger partial charge is 0.257 e. The fourth-order valence-corrected chi connectivity index (χ4v) is 4.33. The zero-order valence-electron chi connectivity index (χ0n) is 16.2. The van der Waals surface area contributed by atoms with Crippen LogP contribution in [-0.4, -0.2) is 41.1 Å². The normalized spacial score (nSPS) is 28.6. The van der Waals surface area contributed by atoms with E-state index in [1.54, 1.807) is 4.90 Å². The van der Waals surface area contributed by atoms with Gasteiger partial charge in [0.1, 0.15) is 11.8 Å². The van der Waals surface area contributed by atoms with Crippen LogP contribution in [0.4, 0.5) is 0 Å². The third-order valence-corrected chi connectivity index (χ3v) is 5.52. The quantitative estimate of drug-likeness (QED) is 0.902. The fraction of sp³-hybridized carbons (Fsp3) is 0.619. The number of benzene rings is 1. The van der Waals surface area contributed by atoms with E-state index in [0.29, 0.717) is 11.5 Å². The molecule has 0 unspecified atom stereocenters. The molecular weight excluding hydrogens is 328 g/mol. The first kappa shape index (κ1) is 18.9. The van der Waals surface area contributed by atoms with E-state index in [1.165, 1.54) is 0 Å². The highest BCUT2D eigenvalue weighted by Gasteiger charge is 2.54. The van der Waals surface area contributed by atoms with Gasteiger partial charge in [0.15, 0.2) is 0 Å². The third kappa shape index (κ3) is 3.50. The third-order valence-electron chi connectivity index (χ3n) is 5.52. The molecule has 0 radical (unpaired) electrons. The van der Waals surface area contributed by atoms with E-state index in [0.717, 1.165) is 31.2 Å². The number of nitrogens with zero attached hydrogens (tertiary/aromatic N) is 1. The highest BCUT2D eigenvalue weighted by atomic mass is 16.5. The molecular formula is C21H30N2O3. The minimum absolute atomic E-state index is 0.0275. The van der Waals surface area contributed by atoms with E-state index in [1.807, 2.05) is 45.0 Å². The summed E-state index contributed by atoms with van der Waals surface area (Å²) in [4.78, 5) is 28.1. The molecule has 2 fully saturated rings. The molecule has 1 saturated carbocycles. The SMILES string of the molecule is Cc1ccccc1C(=O)N1[C@@H](C(=O)NC(C)C)CO[C@]12CCC[C@H](C)C2. The minimum Gasteiger partial charge on any atom is -0.353 e. The first-order valence-corrected chi connectivity index (χ1v) is 9.68. The number of nitrogens with one attached hydrogen (secondary N) is 1. The van der Waals surface area contributed by atoms with Crippen molar-refractivity contribution in [1.82, 2.24) is 10.2 Å². The second-order valence-corrected chi connectivity index (χ2v) is 8.13. The lowest BCUT2D eigenvalue weighted by Gasteiger charge is -2.43. The molecule has 3 rings (SSSR count). The highest BCUT2D eigenvalue weighted by Crippen LogP contribution is 2.43. The molecule has 0 bridgehead atoms. The molecule has 2 amide bonds. The van der Waals surface area contributed by atoms with Crippen molar-refractivity contribution in [2.75, 3.05) is 6.61 Å². The Morgan fingerprint density at radius 2 is 2.04 bits per heavy atom. The maximum atomic E-state index is 13.5. The molecule has 1 saturated heterocycles. The van der Waals surface area contributed by atoms with Gasteiger partial charge in [-0.05, 0) is 57.6 Å². The van der Waals surface area contributed by atoms with Gasteiger partial charge in [-0.1, -0.05) is 31.5 Å². The van der Waals surface area contributed by atoms with Crippen LogP contribution in [0.2, 0.25) is 0 Å². The predicted molar refractivity (Wildman–Crippen MR) is 101 cm³/mol. The van der Waals surface area contributed by atoms with Crippen molar-refractivity contribution in [2.45, 2.75) is 71.2 Å². The van der Waals surface area contributed by atoms with Crippen molar-refractivity contribution in [3.63, 3.8) is 0 Å². The number of carbonyl (C=O) groups excluding carboxylic acids is 2. The lowest BCUT2D eigenvalue weighted by molar-refractivity contribution is -0.128. The molecule has 1 aliphatic heterocycles. The average molecular weight is 358 g/mol. The van der Waals surface area contributed by atoms with Crippen LogP contribution < -0.4 is 5.32 Å². The summed E-state index contributed by atoms with van der Waals surface area (Å²) in [5.41, 5.74) is 0.917. The lowest BCUT2D eigenvalue weighted by atomic mass is 9.82. The Labute approximate surface area is 156 Å². The number of ether oxygens (including phenoxy) is 1. The predicted octanol–water partition coefficient (Wildman–Crippen LogP) is 3.27. The van der Waals surface area contributed by atoms with E-state index in [9.17, 15) is 9.59 Å². The van der Waals surface area contributed by atoms with Gasteiger partial charge < -0.3 is 10.1 Å². The molecule has 1 aromatic rings. The van der Waals surface area contributed by atoms with Gasteiger partial charge in [-0.15, -0.1) is 0 Å². The fourth-order valence-electron chi connectivity index (χ4n) is 4.33. The van der Waals surface area contributed by atoms with E-state index < -0.39 is 11.8 Å². The molecule has 1 N–H and O–H groups in total. The number of hydrogen-bond acceptors (Lipinski definition) is 3. The van der Waals surface area contributed by atoms with Gasteiger partial charge in [0.05, 0.1) is 6.61 Å². The van der Waals surface area contributed by atoms with Crippen molar-refractivity contribution in [3.8, 4) is 0 Å². The first-order valence-electron chi connectivity index (χ1n) is 9.68. The van der Waals surface area contributed by atoms with E-state index in [4.69, 9.17) is 4.74 Å². The standard InChI is InChI=1S/C21H30N2O3/c1-14(2)22-19(24)18-13-26-21(11-7-8-15(3)12-21)23(18)20(25)17-10-6-5-9-16(17)4/h5-6,9-10,14-15,18H,7-8,11-13H2,1-4H3,(H,22,24)/t15-,18+,21-/m0/s1. The van der Waals surface area contributed by atoms with Crippen molar-refractivity contribution in [1.29, 1.82) is 0 Å². The summed E-state index contributed by atoms with van der Waals surface area (Å²) >= 11 is 0. The van der Waals surface area contributed by atoms with Gasteiger partial charge in [0, 0.05) is 11.6 Å². The second kappa shape index (κ2) is 7.39. The molecule has 1 aliphatic carbocycles. The maximum absolute atomic E-state index is 13.5. The van der Waals surface area contributed by atoms with Gasteiger partial charge in [-0.3, -0.25) is 14.5 Å². The summed E-state index contributed by atoms with van der Waals surface area (Å²) in [7, 11) is 0. The van der Waals surface area contributed by atoms with E-state index in [2.05, 4.69) is 12.2 Å². The molecule has 5 nitrogen and oxygen atoms in total. The summed E-state index contributed by atoms with van der Waals surface area (Å²) in [5.74, 6) is 0.249. The Bertz CT molecular complexity index is 688. The first-order chi connectivity index (χ1) is 12.3. The monoisotopic (exact) mass is 358 g/mol. The van der Waals surface area contributed by atoms with Gasteiger partial charge in [-0.2, -0.15) is 0 Å². The van der Waals surface area contributed by atoms with Crippen LogP contribution in [0.1, 0.15) is 62.4 Å². The highest BCUT2D eigenvalue weighted by molar-refractivity contribution is 5.99. The average Bonchev–Trinajstić information content (AvgIpc) is 2.92. The molecule has 0 aromatic heterocycles. The van der Waals surface area contributed by atoms with Crippen molar-refractivity contribution < 1.29 is 14.3 Å². The molecule has 1 heterocycles. The Kier molecular flexibility index (Phi) is 5.37. The largest absolute Gasteiger partial charge is 0.353 e. The molecule has 5 heteroatoms. The van der Waals surface area contributed by atoms with Crippen LogP contribution in [0.15, 0.2) is 24.3 Å². The molecule has 26 heavy (non-hydrogen) atoms. The Balaban J connectivity index is 1.98. The van der Waals surface area contributed by atoms with Crippen LogP contribution in [0, 0.1) is 12.8 Å².